The van der Waals surface area contributed by atoms with Crippen molar-refractivity contribution in [3.63, 3.8) is 0 Å². The molecule has 0 fully saturated rings. The molecule has 0 radical (unpaired) electrons. The van der Waals surface area contributed by atoms with Gasteiger partial charge in [-0.25, -0.2) is 5.48 Å². The molecule has 8 heteroatoms. The third-order valence-electron chi connectivity index (χ3n) is 4.16. The molecule has 8 nitrogen and oxygen atoms in total. The van der Waals surface area contributed by atoms with Crippen molar-refractivity contribution < 1.29 is 19.3 Å². The van der Waals surface area contributed by atoms with Gasteiger partial charge in [0.05, 0.1) is 18.4 Å². The van der Waals surface area contributed by atoms with Crippen molar-refractivity contribution in [1.82, 2.24) is 10.5 Å². The lowest BCUT2D eigenvalue weighted by molar-refractivity contribution is -0.131. The Morgan fingerprint density at radius 3 is 2.40 bits per heavy atom. The Balaban J connectivity index is 1.55. The minimum Gasteiger partial charge on any atom is -0.380 e. The van der Waals surface area contributed by atoms with Crippen molar-refractivity contribution in [2.24, 2.45) is 0 Å². The molecule has 30 heavy (non-hydrogen) atoms. The molecule has 0 aliphatic rings. The highest BCUT2D eigenvalue weighted by Crippen LogP contribution is 2.16. The smallest absolute Gasteiger partial charge is 0.279 e. The molecule has 0 aliphatic carbocycles. The predicted molar refractivity (Wildman–Crippen MR) is 112 cm³/mol. The maximum Gasteiger partial charge on any atom is 0.279 e. The van der Waals surface area contributed by atoms with Gasteiger partial charge in [-0.3, -0.25) is 24.2 Å². The van der Waals surface area contributed by atoms with Crippen LogP contribution >= 0.6 is 0 Å². The fraction of sp³-hybridized carbons (Fsp3) is 0.136. The lowest BCUT2D eigenvalue weighted by Crippen LogP contribution is -2.36. The summed E-state index contributed by atoms with van der Waals surface area (Å²) in [6.45, 7) is 0.146. The molecule has 2 aromatic carbocycles. The largest absolute Gasteiger partial charge is 0.380 e. The van der Waals surface area contributed by atoms with Crippen LogP contribution in [0.15, 0.2) is 79.1 Å². The molecule has 0 bridgehead atoms. The Morgan fingerprint density at radius 2 is 1.67 bits per heavy atom. The number of anilines is 2. The van der Waals surface area contributed by atoms with Crippen molar-refractivity contribution in [2.75, 3.05) is 24.1 Å². The van der Waals surface area contributed by atoms with E-state index in [1.54, 1.807) is 54.9 Å². The van der Waals surface area contributed by atoms with Gasteiger partial charge in [0.1, 0.15) is 0 Å². The quantitative estimate of drug-likeness (QED) is 0.531. The summed E-state index contributed by atoms with van der Waals surface area (Å²) >= 11 is 0. The molecule has 2 amide bonds. The summed E-state index contributed by atoms with van der Waals surface area (Å²) in [7, 11) is 1.38. The summed E-state index contributed by atoms with van der Waals surface area (Å²) < 4.78 is 0. The molecule has 0 saturated carbocycles. The first-order chi connectivity index (χ1) is 14.7. The van der Waals surface area contributed by atoms with E-state index in [-0.39, 0.29) is 6.61 Å². The summed E-state index contributed by atoms with van der Waals surface area (Å²) in [5.41, 5.74) is 4.94. The zero-order chi connectivity index (χ0) is 21.2. The Labute approximate surface area is 174 Å². The van der Waals surface area contributed by atoms with Crippen LogP contribution in [0.2, 0.25) is 0 Å². The van der Waals surface area contributed by atoms with Gasteiger partial charge in [0.15, 0.2) is 6.61 Å². The van der Waals surface area contributed by atoms with Crippen LogP contribution in [-0.2, 0) is 21.0 Å². The molecule has 0 saturated heterocycles. The summed E-state index contributed by atoms with van der Waals surface area (Å²) in [5, 5.41) is 4.31. The Hall–Kier alpha value is -3.75. The maximum atomic E-state index is 12.5. The number of benzene rings is 2. The second kappa shape index (κ2) is 10.7. The summed E-state index contributed by atoms with van der Waals surface area (Å²) in [6, 6.07) is 19.7. The fourth-order valence-electron chi connectivity index (χ4n) is 2.72. The number of hydrogen-bond donors (Lipinski definition) is 2. The third kappa shape index (κ3) is 5.63. The summed E-state index contributed by atoms with van der Waals surface area (Å²) in [6.07, 6.45) is 3.42. The predicted octanol–water partition coefficient (Wildman–Crippen LogP) is 2.95. The Kier molecular flexibility index (Phi) is 7.48. The Bertz CT molecular complexity index is 967. The third-order valence-corrected chi connectivity index (χ3v) is 4.16. The number of carbonyl (C=O) groups is 2. The van der Waals surface area contributed by atoms with Crippen molar-refractivity contribution in [3.05, 3.63) is 90.3 Å². The van der Waals surface area contributed by atoms with Crippen molar-refractivity contribution in [3.8, 4) is 0 Å². The number of amides is 2. The van der Waals surface area contributed by atoms with Gasteiger partial charge in [0, 0.05) is 24.6 Å². The van der Waals surface area contributed by atoms with Gasteiger partial charge in [-0.2, -0.15) is 5.06 Å². The minimum atomic E-state index is -0.468. The van der Waals surface area contributed by atoms with Gasteiger partial charge in [-0.15, -0.1) is 0 Å². The van der Waals surface area contributed by atoms with Crippen LogP contribution in [0.5, 0.6) is 0 Å². The fourth-order valence-corrected chi connectivity index (χ4v) is 2.72. The highest BCUT2D eigenvalue weighted by Gasteiger charge is 2.17. The molecule has 3 rings (SSSR count). The van der Waals surface area contributed by atoms with E-state index in [4.69, 9.17) is 9.68 Å². The van der Waals surface area contributed by atoms with Crippen LogP contribution in [0.4, 0.5) is 11.4 Å². The molecule has 154 valence electrons. The molecule has 2 N–H and O–H groups in total. The zero-order valence-electron chi connectivity index (χ0n) is 16.4. The monoisotopic (exact) mass is 406 g/mol. The number of aromatic nitrogens is 1. The minimum absolute atomic E-state index is 0.388. The van der Waals surface area contributed by atoms with E-state index in [2.05, 4.69) is 15.8 Å². The molecule has 1 aromatic heterocycles. The van der Waals surface area contributed by atoms with Crippen LogP contribution in [0.25, 0.3) is 0 Å². The van der Waals surface area contributed by atoms with E-state index in [9.17, 15) is 9.59 Å². The van der Waals surface area contributed by atoms with Crippen LogP contribution in [0, 0.1) is 0 Å². The molecule has 3 aromatic rings. The van der Waals surface area contributed by atoms with E-state index in [1.807, 2.05) is 24.3 Å². The second-order valence-corrected chi connectivity index (χ2v) is 6.18. The van der Waals surface area contributed by atoms with Crippen LogP contribution in [-0.4, -0.2) is 30.5 Å². The van der Waals surface area contributed by atoms with Gasteiger partial charge in [-0.05, 0) is 42.0 Å². The average molecular weight is 406 g/mol. The van der Waals surface area contributed by atoms with Crippen molar-refractivity contribution >= 4 is 23.2 Å². The maximum absolute atomic E-state index is 12.5. The van der Waals surface area contributed by atoms with Crippen LogP contribution in [0.3, 0.4) is 0 Å². The van der Waals surface area contributed by atoms with E-state index < -0.39 is 11.8 Å². The Morgan fingerprint density at radius 1 is 0.967 bits per heavy atom. The standard InChI is InChI=1S/C22H22N4O4/c1-29-26(18-7-3-2-4-8-18)21(27)16-30-25-22(28)19-9-5-6-10-20(19)24-15-17-11-13-23-14-12-17/h2-14,24H,15-16H2,1H3,(H,25,28). The first-order valence-electron chi connectivity index (χ1n) is 9.25. The summed E-state index contributed by atoms with van der Waals surface area (Å²) in [4.78, 5) is 39.1. The second-order valence-electron chi connectivity index (χ2n) is 6.18. The number of hydrogen-bond acceptors (Lipinski definition) is 6. The number of pyridine rings is 1. The van der Waals surface area contributed by atoms with E-state index in [0.29, 0.717) is 23.5 Å². The number of rotatable bonds is 9. The van der Waals surface area contributed by atoms with Gasteiger partial charge in [-0.1, -0.05) is 30.3 Å². The molecule has 0 spiro atoms. The van der Waals surface area contributed by atoms with Gasteiger partial charge >= 0.3 is 0 Å². The van der Waals surface area contributed by atoms with Crippen LogP contribution < -0.4 is 15.9 Å². The van der Waals surface area contributed by atoms with E-state index in [1.165, 1.54) is 7.11 Å². The highest BCUT2D eigenvalue weighted by molar-refractivity contribution is 5.99. The average Bonchev–Trinajstić information content (AvgIpc) is 2.80. The number of nitrogens with zero attached hydrogens (tertiary/aromatic N) is 2. The van der Waals surface area contributed by atoms with Gasteiger partial charge in [0.25, 0.3) is 11.8 Å². The van der Waals surface area contributed by atoms with Gasteiger partial charge < -0.3 is 5.32 Å². The topological polar surface area (TPSA) is 92.8 Å². The zero-order valence-corrected chi connectivity index (χ0v) is 16.4. The molecule has 0 unspecified atom stereocenters. The molecular weight excluding hydrogens is 384 g/mol. The molecule has 0 atom stereocenters. The summed E-state index contributed by atoms with van der Waals surface area (Å²) in [5.74, 6) is -0.933. The van der Waals surface area contributed by atoms with E-state index in [0.717, 1.165) is 10.6 Å². The lowest BCUT2D eigenvalue weighted by atomic mass is 10.1. The SMILES string of the molecule is CON(C(=O)CONC(=O)c1ccccc1NCc1ccncc1)c1ccccc1. The number of nitrogens with one attached hydrogen (secondary N) is 2. The molecular formula is C22H22N4O4. The van der Waals surface area contributed by atoms with Gasteiger partial charge in [0.2, 0.25) is 0 Å². The molecule has 1 heterocycles. The van der Waals surface area contributed by atoms with E-state index >= 15 is 0 Å². The first kappa shape index (κ1) is 21.0. The van der Waals surface area contributed by atoms with Crippen LogP contribution in [0.1, 0.15) is 15.9 Å². The molecule has 0 aliphatic heterocycles. The number of carbonyl (C=O) groups excluding carboxylic acids is 2. The van der Waals surface area contributed by atoms with Crippen molar-refractivity contribution in [1.29, 1.82) is 0 Å². The normalized spacial score (nSPS) is 10.3. The number of para-hydroxylation sites is 2. The van der Waals surface area contributed by atoms with Crippen molar-refractivity contribution in [2.45, 2.75) is 6.54 Å². The lowest BCUT2D eigenvalue weighted by Gasteiger charge is -2.19. The first-order valence-corrected chi connectivity index (χ1v) is 9.25. The number of hydroxylamine groups is 2. The highest BCUT2D eigenvalue weighted by atomic mass is 16.7.